The molecule has 4 nitrogen and oxygen atoms in total. The Kier molecular flexibility index (Phi) is 2.84. The summed E-state index contributed by atoms with van der Waals surface area (Å²) in [6.07, 6.45) is 7.20. The molecule has 1 aliphatic carbocycles. The predicted molar refractivity (Wildman–Crippen MR) is 52.0 cm³/mol. The number of hydrogen-bond acceptors (Lipinski definition) is 4. The fraction of sp³-hybridized carbons (Fsp3) is 0.500. The molecule has 4 heteroatoms. The van der Waals surface area contributed by atoms with Crippen molar-refractivity contribution in [2.24, 2.45) is 5.92 Å². The summed E-state index contributed by atoms with van der Waals surface area (Å²) in [5.74, 6) is 0.809. The summed E-state index contributed by atoms with van der Waals surface area (Å²) in [5, 5.41) is 3.13. The minimum atomic E-state index is 0.0127. The molecule has 1 aliphatic rings. The van der Waals surface area contributed by atoms with E-state index in [0.29, 0.717) is 12.2 Å². The third-order valence-electron chi connectivity index (χ3n) is 2.26. The summed E-state index contributed by atoms with van der Waals surface area (Å²) in [5.41, 5.74) is 0.441. The van der Waals surface area contributed by atoms with Crippen LogP contribution in [0.3, 0.4) is 0 Å². The summed E-state index contributed by atoms with van der Waals surface area (Å²) >= 11 is 0. The Morgan fingerprint density at radius 3 is 3.00 bits per heavy atom. The summed E-state index contributed by atoms with van der Waals surface area (Å²) in [4.78, 5) is 19.3. The smallest absolute Gasteiger partial charge is 0.196 e. The molecule has 1 aromatic rings. The first kappa shape index (κ1) is 9.27. The molecule has 0 bridgehead atoms. The van der Waals surface area contributed by atoms with E-state index in [9.17, 15) is 4.79 Å². The molecule has 1 N–H and O–H groups in total. The molecule has 1 heterocycles. The molecule has 1 saturated carbocycles. The molecular weight excluding hydrogens is 178 g/mol. The number of carbonyl (C=O) groups is 1. The Morgan fingerprint density at radius 1 is 1.50 bits per heavy atom. The van der Waals surface area contributed by atoms with Crippen molar-refractivity contribution in [3.63, 3.8) is 0 Å². The van der Waals surface area contributed by atoms with Gasteiger partial charge in [-0.2, -0.15) is 0 Å². The number of aromatic nitrogens is 2. The zero-order valence-electron chi connectivity index (χ0n) is 7.94. The maximum absolute atomic E-state index is 11.5. The standard InChI is InChI=1S/C10H13N3O/c14-10(7-12-5-8-1-2-8)9-6-11-3-4-13-9/h3-4,6,8,12H,1-2,5,7H2. The molecule has 0 saturated heterocycles. The second-order valence-corrected chi connectivity index (χ2v) is 3.59. The lowest BCUT2D eigenvalue weighted by atomic mass is 10.3. The first-order valence-corrected chi connectivity index (χ1v) is 4.86. The molecule has 0 radical (unpaired) electrons. The third-order valence-corrected chi connectivity index (χ3v) is 2.26. The van der Waals surface area contributed by atoms with Gasteiger partial charge in [0.1, 0.15) is 5.69 Å². The molecule has 0 atom stereocenters. The Labute approximate surface area is 82.8 Å². The van der Waals surface area contributed by atoms with Gasteiger partial charge in [0.2, 0.25) is 0 Å². The van der Waals surface area contributed by atoms with E-state index in [-0.39, 0.29) is 5.78 Å². The Hall–Kier alpha value is -1.29. The van der Waals surface area contributed by atoms with Gasteiger partial charge in [0.15, 0.2) is 5.78 Å². The van der Waals surface area contributed by atoms with E-state index in [1.807, 2.05) is 0 Å². The lowest BCUT2D eigenvalue weighted by Gasteiger charge is -2.01. The Bertz CT molecular complexity index is 308. The number of carbonyl (C=O) groups excluding carboxylic acids is 1. The van der Waals surface area contributed by atoms with Gasteiger partial charge in [-0.3, -0.25) is 9.78 Å². The lowest BCUT2D eigenvalue weighted by molar-refractivity contribution is 0.0986. The lowest BCUT2D eigenvalue weighted by Crippen LogP contribution is -2.25. The molecular formula is C10H13N3O. The fourth-order valence-electron chi connectivity index (χ4n) is 1.25. The van der Waals surface area contributed by atoms with Gasteiger partial charge in [0.05, 0.1) is 12.7 Å². The molecule has 2 rings (SSSR count). The third kappa shape index (κ3) is 2.60. The molecule has 0 aliphatic heterocycles. The maximum Gasteiger partial charge on any atom is 0.196 e. The van der Waals surface area contributed by atoms with Gasteiger partial charge in [0, 0.05) is 12.4 Å². The molecule has 0 unspecified atom stereocenters. The molecule has 14 heavy (non-hydrogen) atoms. The van der Waals surface area contributed by atoms with Crippen molar-refractivity contribution in [1.29, 1.82) is 0 Å². The number of nitrogens with one attached hydrogen (secondary N) is 1. The van der Waals surface area contributed by atoms with Gasteiger partial charge in [-0.15, -0.1) is 0 Å². The highest BCUT2D eigenvalue weighted by molar-refractivity contribution is 5.95. The quantitative estimate of drug-likeness (QED) is 0.695. The minimum Gasteiger partial charge on any atom is -0.309 e. The van der Waals surface area contributed by atoms with Crippen molar-refractivity contribution in [1.82, 2.24) is 15.3 Å². The van der Waals surface area contributed by atoms with Gasteiger partial charge in [-0.05, 0) is 25.3 Å². The Morgan fingerprint density at radius 2 is 2.36 bits per heavy atom. The number of nitrogens with zero attached hydrogens (tertiary/aromatic N) is 2. The van der Waals surface area contributed by atoms with Crippen LogP contribution >= 0.6 is 0 Å². The van der Waals surface area contributed by atoms with E-state index < -0.39 is 0 Å². The molecule has 0 aromatic carbocycles. The largest absolute Gasteiger partial charge is 0.309 e. The van der Waals surface area contributed by atoms with E-state index in [1.54, 1.807) is 6.20 Å². The molecule has 1 aromatic heterocycles. The van der Waals surface area contributed by atoms with Crippen LogP contribution in [-0.4, -0.2) is 28.8 Å². The van der Waals surface area contributed by atoms with Gasteiger partial charge < -0.3 is 5.32 Å². The van der Waals surface area contributed by atoms with Crippen LogP contribution in [0.1, 0.15) is 23.3 Å². The zero-order chi connectivity index (χ0) is 9.80. The molecule has 0 spiro atoms. The molecule has 0 amide bonds. The zero-order valence-corrected chi connectivity index (χ0v) is 7.94. The van der Waals surface area contributed by atoms with E-state index in [2.05, 4.69) is 15.3 Å². The summed E-state index contributed by atoms with van der Waals surface area (Å²) < 4.78 is 0. The van der Waals surface area contributed by atoms with Crippen LogP contribution in [0.5, 0.6) is 0 Å². The van der Waals surface area contributed by atoms with Crippen molar-refractivity contribution in [3.05, 3.63) is 24.3 Å². The van der Waals surface area contributed by atoms with Crippen LogP contribution in [-0.2, 0) is 0 Å². The van der Waals surface area contributed by atoms with E-state index >= 15 is 0 Å². The average Bonchev–Trinajstić information content (AvgIpc) is 3.03. The number of Topliss-reactive ketones (excluding diaryl/α,β-unsaturated/α-hetero) is 1. The molecule has 74 valence electrons. The first-order valence-electron chi connectivity index (χ1n) is 4.86. The van der Waals surface area contributed by atoms with Crippen molar-refractivity contribution in [3.8, 4) is 0 Å². The van der Waals surface area contributed by atoms with Crippen molar-refractivity contribution in [2.75, 3.05) is 13.1 Å². The van der Waals surface area contributed by atoms with Crippen molar-refractivity contribution < 1.29 is 4.79 Å². The van der Waals surface area contributed by atoms with Crippen molar-refractivity contribution in [2.45, 2.75) is 12.8 Å². The van der Waals surface area contributed by atoms with Crippen LogP contribution in [0.25, 0.3) is 0 Å². The predicted octanol–water partition coefficient (Wildman–Crippen LogP) is 0.659. The second kappa shape index (κ2) is 4.28. The first-order chi connectivity index (χ1) is 6.86. The van der Waals surface area contributed by atoms with Gasteiger partial charge >= 0.3 is 0 Å². The van der Waals surface area contributed by atoms with E-state index in [1.165, 1.54) is 25.2 Å². The molecule has 1 fully saturated rings. The van der Waals surface area contributed by atoms with Crippen molar-refractivity contribution >= 4 is 5.78 Å². The second-order valence-electron chi connectivity index (χ2n) is 3.59. The monoisotopic (exact) mass is 191 g/mol. The SMILES string of the molecule is O=C(CNCC1CC1)c1cnccn1. The van der Waals surface area contributed by atoms with Gasteiger partial charge in [0.25, 0.3) is 0 Å². The number of ketones is 1. The summed E-state index contributed by atoms with van der Waals surface area (Å²) in [6, 6.07) is 0. The highest BCUT2D eigenvalue weighted by Gasteiger charge is 2.20. The van der Waals surface area contributed by atoms with Gasteiger partial charge in [-0.25, -0.2) is 4.98 Å². The average molecular weight is 191 g/mol. The summed E-state index contributed by atoms with van der Waals surface area (Å²) in [7, 11) is 0. The number of hydrogen-bond donors (Lipinski definition) is 1. The fourth-order valence-corrected chi connectivity index (χ4v) is 1.25. The van der Waals surface area contributed by atoms with Crippen LogP contribution in [0.2, 0.25) is 0 Å². The van der Waals surface area contributed by atoms with Crippen LogP contribution in [0.4, 0.5) is 0 Å². The highest BCUT2D eigenvalue weighted by Crippen LogP contribution is 2.27. The highest BCUT2D eigenvalue weighted by atomic mass is 16.1. The van der Waals surface area contributed by atoms with Gasteiger partial charge in [-0.1, -0.05) is 0 Å². The maximum atomic E-state index is 11.5. The summed E-state index contributed by atoms with van der Waals surface area (Å²) in [6.45, 7) is 1.32. The van der Waals surface area contributed by atoms with Crippen LogP contribution in [0.15, 0.2) is 18.6 Å². The minimum absolute atomic E-state index is 0.0127. The number of rotatable bonds is 5. The topological polar surface area (TPSA) is 54.9 Å². The van der Waals surface area contributed by atoms with E-state index in [0.717, 1.165) is 12.5 Å². The van der Waals surface area contributed by atoms with Crippen LogP contribution in [0, 0.1) is 5.92 Å². The Balaban J connectivity index is 1.77. The normalized spacial score (nSPS) is 15.4. The van der Waals surface area contributed by atoms with E-state index in [4.69, 9.17) is 0 Å². The van der Waals surface area contributed by atoms with Crippen LogP contribution < -0.4 is 5.32 Å².